The molecule has 1 unspecified atom stereocenters. The van der Waals surface area contributed by atoms with E-state index in [1.165, 1.54) is 10.5 Å². The van der Waals surface area contributed by atoms with Crippen molar-refractivity contribution < 1.29 is 0 Å². The molecule has 0 aromatic heterocycles. The highest BCUT2D eigenvalue weighted by Gasteiger charge is 1.99. The molecule has 1 aromatic rings. The molecule has 0 fully saturated rings. The molecule has 1 nitrogen and oxygen atoms in total. The van der Waals surface area contributed by atoms with Crippen LogP contribution < -0.4 is 5.73 Å². The van der Waals surface area contributed by atoms with Gasteiger partial charge in [-0.2, -0.15) is 0 Å². The summed E-state index contributed by atoms with van der Waals surface area (Å²) in [5.74, 6) is 6.75. The molecule has 74 valence electrons. The fourth-order valence-corrected chi connectivity index (χ4v) is 1.86. The average molecular weight is 205 g/mol. The Bertz CT molecular complexity index is 347. The molecule has 0 aliphatic rings. The molecule has 1 rings (SSSR count). The SMILES string of the molecule is CC#CCSc1cccc(C(C)N)c1. The van der Waals surface area contributed by atoms with E-state index in [0.29, 0.717) is 0 Å². The minimum absolute atomic E-state index is 0.104. The summed E-state index contributed by atoms with van der Waals surface area (Å²) in [7, 11) is 0. The van der Waals surface area contributed by atoms with Gasteiger partial charge in [0.1, 0.15) is 0 Å². The third-order valence-electron chi connectivity index (χ3n) is 1.87. The second-order valence-electron chi connectivity index (χ2n) is 3.08. The van der Waals surface area contributed by atoms with Crippen molar-refractivity contribution in [2.75, 3.05) is 5.75 Å². The molecule has 2 heteroatoms. The molecule has 14 heavy (non-hydrogen) atoms. The summed E-state index contributed by atoms with van der Waals surface area (Å²) in [6.45, 7) is 3.86. The van der Waals surface area contributed by atoms with E-state index in [4.69, 9.17) is 5.73 Å². The van der Waals surface area contributed by atoms with Crippen molar-refractivity contribution in [2.24, 2.45) is 5.73 Å². The second kappa shape index (κ2) is 5.74. The molecule has 1 aromatic carbocycles. The number of hydrogen-bond donors (Lipinski definition) is 1. The van der Waals surface area contributed by atoms with Crippen LogP contribution in [0.1, 0.15) is 25.5 Å². The van der Waals surface area contributed by atoms with Gasteiger partial charge in [-0.25, -0.2) is 0 Å². The molecule has 0 heterocycles. The Kier molecular flexibility index (Phi) is 4.58. The van der Waals surface area contributed by atoms with Crippen LogP contribution in [0.15, 0.2) is 29.2 Å². The first-order valence-electron chi connectivity index (χ1n) is 4.62. The van der Waals surface area contributed by atoms with Crippen LogP contribution in [0.2, 0.25) is 0 Å². The van der Waals surface area contributed by atoms with Crippen LogP contribution in [-0.2, 0) is 0 Å². The summed E-state index contributed by atoms with van der Waals surface area (Å²) < 4.78 is 0. The molecule has 0 saturated heterocycles. The summed E-state index contributed by atoms with van der Waals surface area (Å²) in [4.78, 5) is 1.24. The van der Waals surface area contributed by atoms with Gasteiger partial charge in [0.2, 0.25) is 0 Å². The van der Waals surface area contributed by atoms with Crippen LogP contribution in [0.3, 0.4) is 0 Å². The predicted molar refractivity (Wildman–Crippen MR) is 63.2 cm³/mol. The fourth-order valence-electron chi connectivity index (χ4n) is 1.08. The molecule has 0 bridgehead atoms. The first kappa shape index (κ1) is 11.2. The third kappa shape index (κ3) is 3.45. The Hall–Kier alpha value is -0.910. The largest absolute Gasteiger partial charge is 0.324 e. The van der Waals surface area contributed by atoms with E-state index in [1.54, 1.807) is 11.8 Å². The van der Waals surface area contributed by atoms with Crippen LogP contribution in [0.4, 0.5) is 0 Å². The lowest BCUT2D eigenvalue weighted by Crippen LogP contribution is -2.04. The predicted octanol–water partition coefficient (Wildman–Crippen LogP) is 2.82. The smallest absolute Gasteiger partial charge is 0.0594 e. The first-order valence-corrected chi connectivity index (χ1v) is 5.60. The summed E-state index contributed by atoms with van der Waals surface area (Å²) in [5, 5.41) is 0. The Balaban J connectivity index is 2.67. The second-order valence-corrected chi connectivity index (χ2v) is 4.13. The normalized spacial score (nSPS) is 11.6. The Morgan fingerprint density at radius 3 is 2.93 bits per heavy atom. The average Bonchev–Trinajstić information content (AvgIpc) is 2.19. The third-order valence-corrected chi connectivity index (χ3v) is 2.75. The summed E-state index contributed by atoms with van der Waals surface area (Å²) >= 11 is 1.75. The van der Waals surface area contributed by atoms with E-state index in [-0.39, 0.29) is 6.04 Å². The van der Waals surface area contributed by atoms with Crippen molar-refractivity contribution in [2.45, 2.75) is 24.8 Å². The minimum atomic E-state index is 0.104. The molecule has 0 amide bonds. The van der Waals surface area contributed by atoms with Crippen molar-refractivity contribution in [1.82, 2.24) is 0 Å². The molecule has 0 aliphatic carbocycles. The first-order chi connectivity index (χ1) is 6.74. The van der Waals surface area contributed by atoms with E-state index < -0.39 is 0 Å². The van der Waals surface area contributed by atoms with E-state index in [0.717, 1.165) is 5.75 Å². The van der Waals surface area contributed by atoms with E-state index in [9.17, 15) is 0 Å². The minimum Gasteiger partial charge on any atom is -0.324 e. The lowest BCUT2D eigenvalue weighted by Gasteiger charge is -2.06. The van der Waals surface area contributed by atoms with Crippen molar-refractivity contribution >= 4 is 11.8 Å². The van der Waals surface area contributed by atoms with Gasteiger partial charge in [-0.1, -0.05) is 18.1 Å². The molecule has 0 spiro atoms. The quantitative estimate of drug-likeness (QED) is 0.606. The highest BCUT2D eigenvalue weighted by atomic mass is 32.2. The van der Waals surface area contributed by atoms with Crippen molar-refractivity contribution in [3.63, 3.8) is 0 Å². The van der Waals surface area contributed by atoms with Crippen molar-refractivity contribution in [1.29, 1.82) is 0 Å². The molecular weight excluding hydrogens is 190 g/mol. The number of rotatable bonds is 3. The monoisotopic (exact) mass is 205 g/mol. The van der Waals surface area contributed by atoms with Crippen molar-refractivity contribution in [3.05, 3.63) is 29.8 Å². The van der Waals surface area contributed by atoms with Gasteiger partial charge in [0.25, 0.3) is 0 Å². The lowest BCUT2D eigenvalue weighted by molar-refractivity contribution is 0.815. The number of thioether (sulfide) groups is 1. The molecule has 1 atom stereocenters. The Morgan fingerprint density at radius 2 is 2.29 bits per heavy atom. The number of nitrogens with two attached hydrogens (primary N) is 1. The lowest BCUT2D eigenvalue weighted by atomic mass is 10.1. The fraction of sp³-hybridized carbons (Fsp3) is 0.333. The maximum atomic E-state index is 5.80. The van der Waals surface area contributed by atoms with Gasteiger partial charge < -0.3 is 5.73 Å². The summed E-state index contributed by atoms with van der Waals surface area (Å²) in [5.41, 5.74) is 6.98. The maximum absolute atomic E-state index is 5.80. The van der Waals surface area contributed by atoms with E-state index in [2.05, 4.69) is 30.0 Å². The van der Waals surface area contributed by atoms with Gasteiger partial charge in [-0.05, 0) is 31.5 Å². The van der Waals surface area contributed by atoms with Gasteiger partial charge in [-0.3, -0.25) is 0 Å². The highest BCUT2D eigenvalue weighted by molar-refractivity contribution is 7.99. The Labute approximate surface area is 90.1 Å². The van der Waals surface area contributed by atoms with Crippen LogP contribution in [-0.4, -0.2) is 5.75 Å². The zero-order valence-electron chi connectivity index (χ0n) is 8.58. The van der Waals surface area contributed by atoms with Crippen LogP contribution in [0, 0.1) is 11.8 Å². The van der Waals surface area contributed by atoms with Crippen LogP contribution in [0.5, 0.6) is 0 Å². The number of benzene rings is 1. The summed E-state index contributed by atoms with van der Waals surface area (Å²) in [6.07, 6.45) is 0. The Morgan fingerprint density at radius 1 is 1.50 bits per heavy atom. The summed E-state index contributed by atoms with van der Waals surface area (Å²) in [6, 6.07) is 8.43. The standard InChI is InChI=1S/C12H15NS/c1-3-4-8-14-12-7-5-6-11(9-12)10(2)13/h5-7,9-10H,8,13H2,1-2H3. The van der Waals surface area contributed by atoms with Gasteiger partial charge in [-0.15, -0.1) is 17.7 Å². The van der Waals surface area contributed by atoms with Gasteiger partial charge >= 0.3 is 0 Å². The van der Waals surface area contributed by atoms with Gasteiger partial charge in [0.15, 0.2) is 0 Å². The van der Waals surface area contributed by atoms with Gasteiger partial charge in [0.05, 0.1) is 5.75 Å². The van der Waals surface area contributed by atoms with Gasteiger partial charge in [0, 0.05) is 10.9 Å². The highest BCUT2D eigenvalue weighted by Crippen LogP contribution is 2.20. The molecular formula is C12H15NS. The number of hydrogen-bond acceptors (Lipinski definition) is 2. The maximum Gasteiger partial charge on any atom is 0.0594 e. The topological polar surface area (TPSA) is 26.0 Å². The van der Waals surface area contributed by atoms with Crippen molar-refractivity contribution in [3.8, 4) is 11.8 Å². The molecule has 0 radical (unpaired) electrons. The zero-order chi connectivity index (χ0) is 10.4. The molecule has 0 saturated carbocycles. The van der Waals surface area contributed by atoms with Crippen LogP contribution in [0.25, 0.3) is 0 Å². The zero-order valence-corrected chi connectivity index (χ0v) is 9.40. The van der Waals surface area contributed by atoms with Crippen LogP contribution >= 0.6 is 11.8 Å². The molecule has 0 aliphatic heterocycles. The molecule has 2 N–H and O–H groups in total. The van der Waals surface area contributed by atoms with E-state index >= 15 is 0 Å². The van der Waals surface area contributed by atoms with E-state index in [1.807, 2.05) is 19.9 Å².